The first-order valence-electron chi connectivity index (χ1n) is 8.42. The van der Waals surface area contributed by atoms with E-state index in [9.17, 15) is 24.8 Å². The summed E-state index contributed by atoms with van der Waals surface area (Å²) in [5.41, 5.74) is -0.433. The van der Waals surface area contributed by atoms with Crippen LogP contribution in [0.2, 0.25) is 0 Å². The lowest BCUT2D eigenvalue weighted by molar-refractivity contribution is -0.384. The van der Waals surface area contributed by atoms with Crippen LogP contribution in [0.5, 0.6) is 0 Å². The van der Waals surface area contributed by atoms with Gasteiger partial charge in [-0.2, -0.15) is 0 Å². The number of nitro groups is 1. The molecule has 0 unspecified atom stereocenters. The van der Waals surface area contributed by atoms with Gasteiger partial charge < -0.3 is 15.3 Å². The van der Waals surface area contributed by atoms with Gasteiger partial charge >= 0.3 is 5.97 Å². The van der Waals surface area contributed by atoms with Crippen LogP contribution < -0.4 is 5.32 Å². The normalized spacial score (nSPS) is 24.8. The number of likely N-dealkylation sites (tertiary alicyclic amines) is 1. The van der Waals surface area contributed by atoms with Crippen LogP contribution in [-0.4, -0.2) is 46.4 Å². The molecule has 1 saturated heterocycles. The first-order valence-corrected chi connectivity index (χ1v) is 8.42. The minimum Gasteiger partial charge on any atom is -0.481 e. The maximum Gasteiger partial charge on any atom is 0.311 e. The summed E-state index contributed by atoms with van der Waals surface area (Å²) in [6, 6.07) is 6.28. The minimum atomic E-state index is -0.802. The van der Waals surface area contributed by atoms with Crippen molar-refractivity contribution < 1.29 is 19.6 Å². The van der Waals surface area contributed by atoms with E-state index < -0.39 is 16.3 Å². The van der Waals surface area contributed by atoms with Crippen molar-refractivity contribution in [1.82, 2.24) is 4.90 Å². The standard InChI is InChI=1S/C17H21N3O5/c21-15(7-9-18-13-5-1-2-6-14(13)20(24)25)19-10-12-4-3-8-17(12,11-19)16(22)23/h1-2,5-6,12,18H,3-4,7-11H2,(H,22,23)/t12-,17+/m0/s1. The molecule has 0 aromatic heterocycles. The molecule has 1 aliphatic carbocycles. The Bertz CT molecular complexity index is 707. The van der Waals surface area contributed by atoms with Crippen molar-refractivity contribution in [3.63, 3.8) is 0 Å². The topological polar surface area (TPSA) is 113 Å². The molecule has 1 saturated carbocycles. The van der Waals surface area contributed by atoms with Gasteiger partial charge in [0.2, 0.25) is 5.91 Å². The van der Waals surface area contributed by atoms with Crippen molar-refractivity contribution in [2.75, 3.05) is 25.0 Å². The molecule has 2 aliphatic rings. The van der Waals surface area contributed by atoms with E-state index in [1.807, 2.05) is 0 Å². The molecule has 0 bridgehead atoms. The summed E-state index contributed by atoms with van der Waals surface area (Å²) in [6.45, 7) is 1.04. The highest BCUT2D eigenvalue weighted by Crippen LogP contribution is 2.48. The number of anilines is 1. The van der Waals surface area contributed by atoms with E-state index in [2.05, 4.69) is 5.32 Å². The van der Waals surface area contributed by atoms with Gasteiger partial charge in [0.05, 0.1) is 10.3 Å². The second-order valence-corrected chi connectivity index (χ2v) is 6.78. The number of rotatable bonds is 6. The lowest BCUT2D eigenvalue weighted by Crippen LogP contribution is -2.37. The van der Waals surface area contributed by atoms with Gasteiger partial charge in [-0.3, -0.25) is 19.7 Å². The van der Waals surface area contributed by atoms with Crippen LogP contribution in [0.15, 0.2) is 24.3 Å². The molecule has 2 atom stereocenters. The second kappa shape index (κ2) is 6.70. The molecule has 1 aromatic rings. The number of para-hydroxylation sites is 2. The number of carboxylic acid groups (broad SMARTS) is 1. The fourth-order valence-electron chi connectivity index (χ4n) is 4.07. The molecule has 0 spiro atoms. The molecule has 2 fully saturated rings. The zero-order valence-electron chi connectivity index (χ0n) is 13.8. The third-order valence-electron chi connectivity index (χ3n) is 5.40. The number of fused-ring (bicyclic) bond motifs is 1. The van der Waals surface area contributed by atoms with Gasteiger partial charge in [0.15, 0.2) is 0 Å². The van der Waals surface area contributed by atoms with Gasteiger partial charge in [-0.25, -0.2) is 0 Å². The van der Waals surface area contributed by atoms with Crippen molar-refractivity contribution in [2.24, 2.45) is 11.3 Å². The third-order valence-corrected chi connectivity index (χ3v) is 5.40. The fraction of sp³-hybridized carbons (Fsp3) is 0.529. The van der Waals surface area contributed by atoms with Crippen molar-refractivity contribution in [1.29, 1.82) is 0 Å². The number of nitro benzene ring substituents is 1. The van der Waals surface area contributed by atoms with E-state index in [-0.39, 0.29) is 37.0 Å². The van der Waals surface area contributed by atoms with E-state index in [1.54, 1.807) is 23.1 Å². The monoisotopic (exact) mass is 347 g/mol. The highest BCUT2D eigenvalue weighted by Gasteiger charge is 2.55. The number of carbonyl (C=O) groups is 2. The van der Waals surface area contributed by atoms with Gasteiger partial charge in [-0.05, 0) is 24.8 Å². The summed E-state index contributed by atoms with van der Waals surface area (Å²) in [5, 5.41) is 23.5. The maximum absolute atomic E-state index is 12.4. The molecule has 2 N–H and O–H groups in total. The highest BCUT2D eigenvalue weighted by atomic mass is 16.6. The Kier molecular flexibility index (Phi) is 4.61. The fourth-order valence-corrected chi connectivity index (χ4v) is 4.07. The van der Waals surface area contributed by atoms with Crippen LogP contribution in [0.4, 0.5) is 11.4 Å². The van der Waals surface area contributed by atoms with Crippen LogP contribution >= 0.6 is 0 Å². The largest absolute Gasteiger partial charge is 0.481 e. The number of carbonyl (C=O) groups excluding carboxylic acids is 1. The number of nitrogens with one attached hydrogen (secondary N) is 1. The van der Waals surface area contributed by atoms with Gasteiger partial charge in [0.1, 0.15) is 5.69 Å². The van der Waals surface area contributed by atoms with Crippen LogP contribution in [0.1, 0.15) is 25.7 Å². The number of nitrogens with zero attached hydrogens (tertiary/aromatic N) is 2. The van der Waals surface area contributed by atoms with E-state index in [0.29, 0.717) is 18.7 Å². The highest BCUT2D eigenvalue weighted by molar-refractivity contribution is 5.81. The Morgan fingerprint density at radius 1 is 1.40 bits per heavy atom. The molecule has 8 heteroatoms. The van der Waals surface area contributed by atoms with E-state index in [1.165, 1.54) is 6.07 Å². The first kappa shape index (κ1) is 17.2. The number of carboxylic acids is 1. The SMILES string of the molecule is O=C(CCNc1ccccc1[N+](=O)[O-])N1C[C@@H]2CCC[C@@]2(C(=O)O)C1. The Morgan fingerprint density at radius 3 is 2.84 bits per heavy atom. The molecule has 1 heterocycles. The van der Waals surface area contributed by atoms with E-state index in [4.69, 9.17) is 0 Å². The molecule has 1 aliphatic heterocycles. The lowest BCUT2D eigenvalue weighted by atomic mass is 9.81. The predicted molar refractivity (Wildman–Crippen MR) is 90.2 cm³/mol. The zero-order valence-corrected chi connectivity index (χ0v) is 13.8. The van der Waals surface area contributed by atoms with E-state index >= 15 is 0 Å². The van der Waals surface area contributed by atoms with Crippen LogP contribution in [0.25, 0.3) is 0 Å². The number of hydrogen-bond acceptors (Lipinski definition) is 5. The molecule has 3 rings (SSSR count). The quantitative estimate of drug-likeness (QED) is 0.602. The van der Waals surface area contributed by atoms with Gasteiger partial charge in [-0.1, -0.05) is 18.6 Å². The lowest BCUT2D eigenvalue weighted by Gasteiger charge is -2.23. The summed E-state index contributed by atoms with van der Waals surface area (Å²) >= 11 is 0. The summed E-state index contributed by atoms with van der Waals surface area (Å²) in [5.74, 6) is -0.874. The van der Waals surface area contributed by atoms with Gasteiger partial charge in [0.25, 0.3) is 5.69 Å². The van der Waals surface area contributed by atoms with Crippen molar-refractivity contribution >= 4 is 23.3 Å². The summed E-state index contributed by atoms with van der Waals surface area (Å²) in [6.07, 6.45) is 2.56. The van der Waals surface area contributed by atoms with Gasteiger partial charge in [-0.15, -0.1) is 0 Å². The number of aliphatic carboxylic acids is 1. The molecule has 1 aromatic carbocycles. The number of hydrogen-bond donors (Lipinski definition) is 2. The molecule has 134 valence electrons. The molecule has 0 radical (unpaired) electrons. The van der Waals surface area contributed by atoms with Gasteiger partial charge in [0, 0.05) is 32.1 Å². The summed E-state index contributed by atoms with van der Waals surface area (Å²) < 4.78 is 0. The Morgan fingerprint density at radius 2 is 2.16 bits per heavy atom. The average molecular weight is 347 g/mol. The summed E-state index contributed by atoms with van der Waals surface area (Å²) in [4.78, 5) is 36.2. The third kappa shape index (κ3) is 3.16. The number of amides is 1. The summed E-state index contributed by atoms with van der Waals surface area (Å²) in [7, 11) is 0. The Hall–Kier alpha value is -2.64. The average Bonchev–Trinajstić information content (AvgIpc) is 3.13. The Balaban J connectivity index is 1.56. The molecular formula is C17H21N3O5. The van der Waals surface area contributed by atoms with Crippen LogP contribution in [0.3, 0.4) is 0 Å². The molecule has 8 nitrogen and oxygen atoms in total. The maximum atomic E-state index is 12.4. The zero-order chi connectivity index (χ0) is 18.0. The van der Waals surface area contributed by atoms with E-state index in [0.717, 1.165) is 12.8 Å². The molecule has 1 amide bonds. The van der Waals surface area contributed by atoms with Crippen molar-refractivity contribution in [3.05, 3.63) is 34.4 Å². The first-order chi connectivity index (χ1) is 11.9. The van der Waals surface area contributed by atoms with Crippen molar-refractivity contribution in [2.45, 2.75) is 25.7 Å². The molecular weight excluding hydrogens is 326 g/mol. The van der Waals surface area contributed by atoms with Crippen molar-refractivity contribution in [3.8, 4) is 0 Å². The minimum absolute atomic E-state index is 0.0320. The Labute approximate surface area is 145 Å². The smallest absolute Gasteiger partial charge is 0.311 e. The van der Waals surface area contributed by atoms with Crippen LogP contribution in [-0.2, 0) is 9.59 Å². The van der Waals surface area contributed by atoms with Crippen LogP contribution in [0, 0.1) is 21.4 Å². The predicted octanol–water partition coefficient (Wildman–Crippen LogP) is 2.11. The number of benzene rings is 1. The molecule has 25 heavy (non-hydrogen) atoms. The second-order valence-electron chi connectivity index (χ2n) is 6.78.